The molecule has 0 atom stereocenters. The number of carbonyl (C=O) groups excluding carboxylic acids is 1. The van der Waals surface area contributed by atoms with Gasteiger partial charge in [0.25, 0.3) is 0 Å². The Morgan fingerprint density at radius 1 is 1.08 bits per heavy atom. The summed E-state index contributed by atoms with van der Waals surface area (Å²) in [6, 6.07) is 17.6. The molecule has 0 aliphatic rings. The number of para-hydroxylation sites is 1. The highest BCUT2D eigenvalue weighted by atomic mass is 32.2. The molecule has 1 heterocycles. The predicted molar refractivity (Wildman–Crippen MR) is 106 cm³/mol. The molecule has 6 heteroatoms. The van der Waals surface area contributed by atoms with Crippen LogP contribution in [0.4, 0.5) is 0 Å². The van der Waals surface area contributed by atoms with Crippen LogP contribution in [-0.4, -0.2) is 28.0 Å². The number of nitrogens with zero attached hydrogens (tertiary/aromatic N) is 2. The van der Waals surface area contributed by atoms with Crippen molar-refractivity contribution in [2.75, 3.05) is 12.3 Å². The Morgan fingerprint density at radius 3 is 2.69 bits per heavy atom. The van der Waals surface area contributed by atoms with Crippen molar-refractivity contribution < 1.29 is 4.79 Å². The molecular formula is C20H21N3O2S. The summed E-state index contributed by atoms with van der Waals surface area (Å²) in [6.45, 7) is 1.10. The lowest BCUT2D eigenvalue weighted by Crippen LogP contribution is -2.27. The van der Waals surface area contributed by atoms with Gasteiger partial charge in [-0.15, -0.1) is 0 Å². The molecule has 134 valence electrons. The third-order valence-corrected chi connectivity index (χ3v) is 5.02. The van der Waals surface area contributed by atoms with Crippen LogP contribution in [0.5, 0.6) is 0 Å². The van der Waals surface area contributed by atoms with Crippen LogP contribution in [0.2, 0.25) is 0 Å². The second-order valence-electron chi connectivity index (χ2n) is 5.89. The minimum Gasteiger partial charge on any atom is -0.355 e. The van der Waals surface area contributed by atoms with Crippen molar-refractivity contribution in [1.29, 1.82) is 0 Å². The fraction of sp³-hybridized carbons (Fsp3) is 0.250. The summed E-state index contributed by atoms with van der Waals surface area (Å²) in [4.78, 5) is 23.8. The number of rotatable bonds is 8. The maximum absolute atomic E-state index is 12.0. The van der Waals surface area contributed by atoms with Crippen molar-refractivity contribution >= 4 is 28.6 Å². The lowest BCUT2D eigenvalue weighted by Gasteiger charge is -2.09. The third-order valence-electron chi connectivity index (χ3n) is 3.99. The number of aryl methyl sites for hydroxylation is 1. The van der Waals surface area contributed by atoms with Crippen molar-refractivity contribution in [3.05, 3.63) is 76.6 Å². The third kappa shape index (κ3) is 4.95. The van der Waals surface area contributed by atoms with E-state index in [1.54, 1.807) is 22.5 Å². The van der Waals surface area contributed by atoms with Crippen LogP contribution in [0.25, 0.3) is 10.9 Å². The molecule has 26 heavy (non-hydrogen) atoms. The van der Waals surface area contributed by atoms with Gasteiger partial charge in [0.15, 0.2) is 0 Å². The molecule has 0 radical (unpaired) electrons. The van der Waals surface area contributed by atoms with E-state index in [2.05, 4.69) is 22.5 Å². The number of fused-ring (bicyclic) bond motifs is 1. The van der Waals surface area contributed by atoms with E-state index in [9.17, 15) is 9.59 Å². The van der Waals surface area contributed by atoms with Gasteiger partial charge in [-0.3, -0.25) is 14.3 Å². The normalized spacial score (nSPS) is 10.8. The topological polar surface area (TPSA) is 64.0 Å². The van der Waals surface area contributed by atoms with Gasteiger partial charge in [0.2, 0.25) is 11.3 Å². The van der Waals surface area contributed by atoms with E-state index < -0.39 is 0 Å². The van der Waals surface area contributed by atoms with Crippen LogP contribution in [0.15, 0.2) is 65.6 Å². The molecule has 0 spiro atoms. The van der Waals surface area contributed by atoms with Gasteiger partial charge in [-0.2, -0.15) is 16.9 Å². The van der Waals surface area contributed by atoms with Crippen molar-refractivity contribution in [2.24, 2.45) is 0 Å². The van der Waals surface area contributed by atoms with Gasteiger partial charge in [0.05, 0.1) is 18.3 Å². The van der Waals surface area contributed by atoms with E-state index >= 15 is 0 Å². The second kappa shape index (κ2) is 9.20. The van der Waals surface area contributed by atoms with Crippen LogP contribution in [-0.2, 0) is 17.1 Å². The van der Waals surface area contributed by atoms with Gasteiger partial charge in [0.1, 0.15) is 0 Å². The Morgan fingerprint density at radius 2 is 1.85 bits per heavy atom. The van der Waals surface area contributed by atoms with Crippen molar-refractivity contribution in [3.63, 3.8) is 0 Å². The molecule has 0 saturated carbocycles. The summed E-state index contributed by atoms with van der Waals surface area (Å²) in [5, 5.41) is 7.70. The van der Waals surface area contributed by atoms with E-state index in [1.807, 2.05) is 36.4 Å². The minimum absolute atomic E-state index is 0.00473. The Kier molecular flexibility index (Phi) is 6.44. The fourth-order valence-corrected chi connectivity index (χ4v) is 3.48. The van der Waals surface area contributed by atoms with Crippen LogP contribution in [0.3, 0.4) is 0 Å². The molecule has 5 nitrogen and oxygen atoms in total. The number of aromatic nitrogens is 2. The SMILES string of the molecule is O=C(CCn1ncc(=O)c2ccccc21)NCCSCc1ccccc1. The molecule has 0 bridgehead atoms. The molecule has 0 saturated heterocycles. The molecule has 1 aromatic heterocycles. The summed E-state index contributed by atoms with van der Waals surface area (Å²) < 4.78 is 1.71. The molecule has 1 amide bonds. The number of nitrogens with one attached hydrogen (secondary N) is 1. The molecule has 1 N–H and O–H groups in total. The molecule has 3 aromatic rings. The number of carbonyl (C=O) groups is 1. The van der Waals surface area contributed by atoms with E-state index in [4.69, 9.17) is 0 Å². The standard InChI is InChI=1S/C20H21N3O2S/c24-19-14-22-23(18-9-5-4-8-17(18)19)12-10-20(25)21-11-13-26-15-16-6-2-1-3-7-16/h1-9,14H,10-13,15H2,(H,21,25). The lowest BCUT2D eigenvalue weighted by molar-refractivity contribution is -0.121. The molecule has 0 fully saturated rings. The van der Waals surface area contributed by atoms with Crippen LogP contribution >= 0.6 is 11.8 Å². The Labute approximate surface area is 156 Å². The highest BCUT2D eigenvalue weighted by Gasteiger charge is 2.06. The summed E-state index contributed by atoms with van der Waals surface area (Å²) in [7, 11) is 0. The van der Waals surface area contributed by atoms with Crippen LogP contribution in [0.1, 0.15) is 12.0 Å². The van der Waals surface area contributed by atoms with Crippen molar-refractivity contribution in [3.8, 4) is 0 Å². The first-order valence-corrected chi connectivity index (χ1v) is 9.73. The second-order valence-corrected chi connectivity index (χ2v) is 6.99. The number of thioether (sulfide) groups is 1. The summed E-state index contributed by atoms with van der Waals surface area (Å²) in [5.41, 5.74) is 1.95. The van der Waals surface area contributed by atoms with Gasteiger partial charge in [-0.05, 0) is 17.7 Å². The first-order chi connectivity index (χ1) is 12.7. The van der Waals surface area contributed by atoms with Gasteiger partial charge in [-0.1, -0.05) is 42.5 Å². The van der Waals surface area contributed by atoms with E-state index in [-0.39, 0.29) is 11.3 Å². The first kappa shape index (κ1) is 18.2. The Balaban J connectivity index is 1.42. The number of hydrogen-bond donors (Lipinski definition) is 1. The largest absolute Gasteiger partial charge is 0.355 e. The van der Waals surface area contributed by atoms with Gasteiger partial charge < -0.3 is 5.32 Å². The summed E-state index contributed by atoms with van der Waals surface area (Å²) in [6.07, 6.45) is 1.64. The van der Waals surface area contributed by atoms with E-state index in [0.29, 0.717) is 24.9 Å². The monoisotopic (exact) mass is 367 g/mol. The average molecular weight is 367 g/mol. The number of hydrogen-bond acceptors (Lipinski definition) is 4. The predicted octanol–water partition coefficient (Wildman–Crippen LogP) is 2.84. The average Bonchev–Trinajstić information content (AvgIpc) is 2.68. The van der Waals surface area contributed by atoms with Crippen molar-refractivity contribution in [2.45, 2.75) is 18.7 Å². The lowest BCUT2D eigenvalue weighted by atomic mass is 10.2. The smallest absolute Gasteiger partial charge is 0.221 e. The van der Waals surface area contributed by atoms with Gasteiger partial charge in [0, 0.05) is 29.9 Å². The Bertz CT molecular complexity index is 925. The maximum atomic E-state index is 12.0. The zero-order chi connectivity index (χ0) is 18.2. The molecule has 2 aromatic carbocycles. The van der Waals surface area contributed by atoms with E-state index in [0.717, 1.165) is 17.0 Å². The zero-order valence-electron chi connectivity index (χ0n) is 14.4. The summed E-state index contributed by atoms with van der Waals surface area (Å²) >= 11 is 1.80. The molecular weight excluding hydrogens is 346 g/mol. The molecule has 0 unspecified atom stereocenters. The van der Waals surface area contributed by atoms with Crippen LogP contribution < -0.4 is 10.7 Å². The fourth-order valence-electron chi connectivity index (χ4n) is 2.66. The van der Waals surface area contributed by atoms with Gasteiger partial charge >= 0.3 is 0 Å². The van der Waals surface area contributed by atoms with Gasteiger partial charge in [-0.25, -0.2) is 0 Å². The first-order valence-electron chi connectivity index (χ1n) is 8.57. The number of amides is 1. The Hall–Kier alpha value is -2.60. The summed E-state index contributed by atoms with van der Waals surface area (Å²) in [5.74, 6) is 1.82. The molecule has 0 aliphatic heterocycles. The highest BCUT2D eigenvalue weighted by Crippen LogP contribution is 2.11. The number of benzene rings is 2. The van der Waals surface area contributed by atoms with Crippen LogP contribution in [0, 0.1) is 0 Å². The minimum atomic E-state index is -0.100. The molecule has 0 aliphatic carbocycles. The molecule has 3 rings (SSSR count). The maximum Gasteiger partial charge on any atom is 0.221 e. The highest BCUT2D eigenvalue weighted by molar-refractivity contribution is 7.98. The zero-order valence-corrected chi connectivity index (χ0v) is 15.2. The quantitative estimate of drug-likeness (QED) is 0.622. The van der Waals surface area contributed by atoms with E-state index in [1.165, 1.54) is 11.8 Å². The van der Waals surface area contributed by atoms with Crippen molar-refractivity contribution in [1.82, 2.24) is 15.1 Å².